The number of nitrogens with zero attached hydrogens (tertiary/aromatic N) is 2. The number of carbonyl (C=O) groups excluding carboxylic acids is 1. The van der Waals surface area contributed by atoms with Crippen LogP contribution in [0.2, 0.25) is 6.82 Å². The van der Waals surface area contributed by atoms with Gasteiger partial charge in [0.2, 0.25) is 5.96 Å². The Morgan fingerprint density at radius 2 is 2.24 bits per heavy atom. The van der Waals surface area contributed by atoms with Gasteiger partial charge in [-0.05, 0) is 30.5 Å². The predicted molar refractivity (Wildman–Crippen MR) is 80.4 cm³/mol. The first-order chi connectivity index (χ1) is 10.1. The fourth-order valence-electron chi connectivity index (χ4n) is 2.22. The quantitative estimate of drug-likeness (QED) is 0.234. The highest BCUT2D eigenvalue weighted by Crippen LogP contribution is 2.09. The summed E-state index contributed by atoms with van der Waals surface area (Å²) in [6.07, 6.45) is 0.841. The van der Waals surface area contributed by atoms with Gasteiger partial charge in [-0.2, -0.15) is 0 Å². The summed E-state index contributed by atoms with van der Waals surface area (Å²) in [6, 6.07) is 8.74. The molecule has 0 aromatic heterocycles. The lowest BCUT2D eigenvalue weighted by molar-refractivity contribution is 0.0509. The second-order valence-electron chi connectivity index (χ2n) is 4.97. The van der Waals surface area contributed by atoms with E-state index in [2.05, 4.69) is 10.4 Å². The monoisotopic (exact) mass is 290 g/mol. The minimum Gasteiger partial charge on any atom is -0.437 e. The normalized spacial score (nSPS) is 18.7. The SMILES string of the molecule is CB(O)NC1CCN(/C(N)=N/OC(=O)c2ccccc2)C1. The fourth-order valence-corrected chi connectivity index (χ4v) is 2.22. The zero-order valence-electron chi connectivity index (χ0n) is 11.9. The van der Waals surface area contributed by atoms with Crippen LogP contribution in [-0.2, 0) is 4.84 Å². The number of likely N-dealkylation sites (tertiary alicyclic amines) is 1. The van der Waals surface area contributed by atoms with E-state index in [4.69, 9.17) is 10.6 Å². The van der Waals surface area contributed by atoms with Crippen LogP contribution >= 0.6 is 0 Å². The molecular weight excluding hydrogens is 271 g/mol. The molecule has 1 heterocycles. The Bertz CT molecular complexity index is 509. The molecule has 4 N–H and O–H groups in total. The topological polar surface area (TPSA) is 100 Å². The summed E-state index contributed by atoms with van der Waals surface area (Å²) in [5.41, 5.74) is 6.23. The summed E-state index contributed by atoms with van der Waals surface area (Å²) in [6.45, 7) is 2.98. The molecule has 1 fully saturated rings. The molecule has 1 unspecified atom stereocenters. The Hall–Kier alpha value is -2.06. The predicted octanol–water partition coefficient (Wildman–Crippen LogP) is -0.153. The standard InChI is InChI=1S/C13H19BN4O3/c1-14(20)16-11-7-8-18(9-11)13(15)17-21-12(19)10-5-3-2-4-6-10/h2-6,11,16,20H,7-9H2,1H3,(H2,15,17). The first kappa shape index (κ1) is 15.3. The number of oxime groups is 1. The summed E-state index contributed by atoms with van der Waals surface area (Å²) in [5.74, 6) is -0.384. The third-order valence-electron chi connectivity index (χ3n) is 3.22. The van der Waals surface area contributed by atoms with Crippen LogP contribution in [0.3, 0.4) is 0 Å². The molecule has 1 aromatic rings. The van der Waals surface area contributed by atoms with Crippen molar-refractivity contribution in [1.29, 1.82) is 0 Å². The number of hydrogen-bond acceptors (Lipinski definition) is 5. The molecule has 1 aliphatic heterocycles. The van der Waals surface area contributed by atoms with Crippen LogP contribution < -0.4 is 11.0 Å². The van der Waals surface area contributed by atoms with Crippen molar-refractivity contribution in [2.24, 2.45) is 10.9 Å². The smallest absolute Gasteiger partial charge is 0.373 e. The summed E-state index contributed by atoms with van der Waals surface area (Å²) in [5, 5.41) is 16.0. The lowest BCUT2D eigenvalue weighted by Crippen LogP contribution is -2.43. The van der Waals surface area contributed by atoms with Crippen LogP contribution in [0.15, 0.2) is 35.5 Å². The average Bonchev–Trinajstić information content (AvgIpc) is 2.93. The summed E-state index contributed by atoms with van der Waals surface area (Å²) in [4.78, 5) is 18.4. The highest BCUT2D eigenvalue weighted by Gasteiger charge is 2.25. The number of benzene rings is 1. The van der Waals surface area contributed by atoms with Gasteiger partial charge in [0.15, 0.2) is 0 Å². The van der Waals surface area contributed by atoms with Crippen molar-refractivity contribution in [3.8, 4) is 0 Å². The van der Waals surface area contributed by atoms with Crippen molar-refractivity contribution in [3.05, 3.63) is 35.9 Å². The lowest BCUT2D eigenvalue weighted by Gasteiger charge is -2.17. The van der Waals surface area contributed by atoms with E-state index in [0.717, 1.165) is 6.42 Å². The Morgan fingerprint density at radius 3 is 2.90 bits per heavy atom. The average molecular weight is 290 g/mol. The molecule has 0 spiro atoms. The van der Waals surface area contributed by atoms with E-state index in [1.54, 1.807) is 36.0 Å². The Morgan fingerprint density at radius 1 is 1.52 bits per heavy atom. The number of nitrogens with two attached hydrogens (primary N) is 1. The fraction of sp³-hybridized carbons (Fsp3) is 0.385. The van der Waals surface area contributed by atoms with E-state index in [-0.39, 0.29) is 12.0 Å². The Kier molecular flexibility index (Phi) is 5.18. The van der Waals surface area contributed by atoms with Crippen LogP contribution in [0.4, 0.5) is 0 Å². The Balaban J connectivity index is 1.86. The molecule has 7 nitrogen and oxygen atoms in total. The second kappa shape index (κ2) is 7.10. The van der Waals surface area contributed by atoms with Gasteiger partial charge in [0.05, 0.1) is 5.56 Å². The van der Waals surface area contributed by atoms with Crippen molar-refractivity contribution in [3.63, 3.8) is 0 Å². The highest BCUT2D eigenvalue weighted by molar-refractivity contribution is 6.45. The zero-order chi connectivity index (χ0) is 15.2. The van der Waals surface area contributed by atoms with Gasteiger partial charge in [0.1, 0.15) is 0 Å². The van der Waals surface area contributed by atoms with E-state index in [9.17, 15) is 9.82 Å². The molecule has 0 aliphatic carbocycles. The molecule has 2 rings (SSSR count). The zero-order valence-corrected chi connectivity index (χ0v) is 11.9. The van der Waals surface area contributed by atoms with Gasteiger partial charge in [-0.15, -0.1) is 0 Å². The second-order valence-corrected chi connectivity index (χ2v) is 4.97. The van der Waals surface area contributed by atoms with Gasteiger partial charge in [-0.25, -0.2) is 4.79 Å². The molecule has 1 aromatic carbocycles. The molecule has 21 heavy (non-hydrogen) atoms. The summed E-state index contributed by atoms with van der Waals surface area (Å²) in [7, 11) is -0.566. The van der Waals surface area contributed by atoms with Gasteiger partial charge in [0, 0.05) is 19.1 Å². The lowest BCUT2D eigenvalue weighted by atomic mass is 9.87. The maximum Gasteiger partial charge on any atom is 0.373 e. The molecule has 8 heteroatoms. The molecule has 0 saturated carbocycles. The molecule has 0 bridgehead atoms. The maximum absolute atomic E-state index is 11.7. The van der Waals surface area contributed by atoms with E-state index in [1.165, 1.54) is 0 Å². The summed E-state index contributed by atoms with van der Waals surface area (Å²) >= 11 is 0. The minimum atomic E-state index is -0.566. The van der Waals surface area contributed by atoms with Crippen molar-refractivity contribution in [2.45, 2.75) is 19.3 Å². The molecule has 112 valence electrons. The van der Waals surface area contributed by atoms with E-state index < -0.39 is 13.0 Å². The van der Waals surface area contributed by atoms with Crippen molar-refractivity contribution in [1.82, 2.24) is 10.1 Å². The first-order valence-electron chi connectivity index (χ1n) is 6.85. The van der Waals surface area contributed by atoms with Crippen molar-refractivity contribution < 1.29 is 14.7 Å². The first-order valence-corrected chi connectivity index (χ1v) is 6.85. The number of guanidine groups is 1. The van der Waals surface area contributed by atoms with Crippen LogP contribution in [0.25, 0.3) is 0 Å². The van der Waals surface area contributed by atoms with Gasteiger partial charge < -0.3 is 25.7 Å². The number of rotatable bonds is 4. The third kappa shape index (κ3) is 4.47. The molecular formula is C13H19BN4O3. The van der Waals surface area contributed by atoms with E-state index in [1.807, 2.05) is 6.07 Å². The largest absolute Gasteiger partial charge is 0.437 e. The van der Waals surface area contributed by atoms with Crippen molar-refractivity contribution in [2.75, 3.05) is 13.1 Å². The maximum atomic E-state index is 11.7. The molecule has 0 amide bonds. The highest BCUT2D eigenvalue weighted by atomic mass is 16.7. The molecule has 0 radical (unpaired) electrons. The van der Waals surface area contributed by atoms with E-state index in [0.29, 0.717) is 18.7 Å². The molecule has 1 saturated heterocycles. The minimum absolute atomic E-state index is 0.142. The Labute approximate surface area is 123 Å². The summed E-state index contributed by atoms with van der Waals surface area (Å²) < 4.78 is 0. The molecule has 1 aliphatic rings. The van der Waals surface area contributed by atoms with Gasteiger partial charge in [-0.1, -0.05) is 18.2 Å². The van der Waals surface area contributed by atoms with E-state index >= 15 is 0 Å². The van der Waals surface area contributed by atoms with Crippen LogP contribution in [0, 0.1) is 0 Å². The van der Waals surface area contributed by atoms with Crippen LogP contribution in [0.1, 0.15) is 16.8 Å². The van der Waals surface area contributed by atoms with Crippen LogP contribution in [-0.4, -0.2) is 48.0 Å². The van der Waals surface area contributed by atoms with Gasteiger partial charge in [-0.3, -0.25) is 0 Å². The third-order valence-corrected chi connectivity index (χ3v) is 3.22. The van der Waals surface area contributed by atoms with Gasteiger partial charge >= 0.3 is 13.0 Å². The number of hydrogen-bond donors (Lipinski definition) is 3. The number of carbonyl (C=O) groups is 1. The van der Waals surface area contributed by atoms with Crippen LogP contribution in [0.5, 0.6) is 0 Å². The molecule has 1 atom stereocenters. The number of nitrogens with one attached hydrogen (secondary N) is 1. The van der Waals surface area contributed by atoms with Gasteiger partial charge in [0.25, 0.3) is 0 Å². The van der Waals surface area contributed by atoms with Crippen molar-refractivity contribution >= 4 is 19.0 Å².